The number of ether oxygens (including phenoxy) is 1. The van der Waals surface area contributed by atoms with Gasteiger partial charge < -0.3 is 15.8 Å². The highest BCUT2D eigenvalue weighted by molar-refractivity contribution is 9.10. The van der Waals surface area contributed by atoms with Crippen LogP contribution in [0, 0.1) is 11.6 Å². The first-order chi connectivity index (χ1) is 8.45. The summed E-state index contributed by atoms with van der Waals surface area (Å²) < 4.78 is 31.9. The molecule has 0 saturated carbocycles. The van der Waals surface area contributed by atoms with Crippen molar-refractivity contribution in [1.82, 2.24) is 0 Å². The molecule has 0 aromatic heterocycles. The number of nitrogens with two attached hydrogens (primary N) is 1. The van der Waals surface area contributed by atoms with Crippen molar-refractivity contribution in [3.63, 3.8) is 0 Å². The van der Waals surface area contributed by atoms with E-state index in [1.54, 1.807) is 0 Å². The van der Waals surface area contributed by atoms with Crippen LogP contribution in [-0.4, -0.2) is 25.7 Å². The van der Waals surface area contributed by atoms with Crippen LogP contribution in [0.1, 0.15) is 6.42 Å². The van der Waals surface area contributed by atoms with Gasteiger partial charge in [0.1, 0.15) is 5.69 Å². The second-order valence-electron chi connectivity index (χ2n) is 3.62. The Morgan fingerprint density at radius 1 is 1.50 bits per heavy atom. The summed E-state index contributed by atoms with van der Waals surface area (Å²) in [5, 5.41) is 2.12. The highest BCUT2D eigenvalue weighted by Crippen LogP contribution is 2.23. The van der Waals surface area contributed by atoms with Gasteiger partial charge >= 0.3 is 0 Å². The van der Waals surface area contributed by atoms with E-state index in [4.69, 9.17) is 10.5 Å². The molecule has 1 amide bonds. The first-order valence-corrected chi connectivity index (χ1v) is 5.95. The fourth-order valence-electron chi connectivity index (χ4n) is 1.25. The Bertz CT molecular complexity index is 420. The first-order valence-electron chi connectivity index (χ1n) is 5.15. The van der Waals surface area contributed by atoms with Crippen LogP contribution in [0.5, 0.6) is 0 Å². The minimum Gasteiger partial charge on any atom is -0.385 e. The summed E-state index contributed by atoms with van der Waals surface area (Å²) in [5.74, 6) is -2.39. The standard InChI is InChI=1S/C11H13BrF2N2O2/c1-18-3-2-9(15)11(17)16-10-7(13)4-6(12)5-8(10)14/h4-5,9H,2-3,15H2,1H3,(H,16,17). The summed E-state index contributed by atoms with van der Waals surface area (Å²) in [4.78, 5) is 11.6. The van der Waals surface area contributed by atoms with E-state index < -0.39 is 29.3 Å². The highest BCUT2D eigenvalue weighted by Gasteiger charge is 2.18. The van der Waals surface area contributed by atoms with E-state index in [0.717, 1.165) is 12.1 Å². The quantitative estimate of drug-likeness (QED) is 0.871. The van der Waals surface area contributed by atoms with Crippen LogP contribution in [0.2, 0.25) is 0 Å². The number of hydrogen-bond donors (Lipinski definition) is 2. The van der Waals surface area contributed by atoms with Gasteiger partial charge in [-0.3, -0.25) is 4.79 Å². The van der Waals surface area contributed by atoms with Crippen LogP contribution in [0.15, 0.2) is 16.6 Å². The van der Waals surface area contributed by atoms with E-state index in [9.17, 15) is 13.6 Å². The van der Waals surface area contributed by atoms with Crippen LogP contribution >= 0.6 is 15.9 Å². The molecule has 0 fully saturated rings. The van der Waals surface area contributed by atoms with Crippen molar-refractivity contribution < 1.29 is 18.3 Å². The van der Waals surface area contributed by atoms with Crippen LogP contribution in [0.4, 0.5) is 14.5 Å². The van der Waals surface area contributed by atoms with Crippen molar-refractivity contribution in [1.29, 1.82) is 0 Å². The molecule has 4 nitrogen and oxygen atoms in total. The van der Waals surface area contributed by atoms with Crippen LogP contribution in [-0.2, 0) is 9.53 Å². The molecular formula is C11H13BrF2N2O2. The molecule has 7 heteroatoms. The third-order valence-electron chi connectivity index (χ3n) is 2.22. The third kappa shape index (κ3) is 4.01. The molecule has 3 N–H and O–H groups in total. The molecule has 1 aromatic rings. The van der Waals surface area contributed by atoms with Gasteiger partial charge in [-0.15, -0.1) is 0 Å². The lowest BCUT2D eigenvalue weighted by molar-refractivity contribution is -0.117. The van der Waals surface area contributed by atoms with E-state index in [-0.39, 0.29) is 10.9 Å². The molecule has 1 aromatic carbocycles. The van der Waals surface area contributed by atoms with E-state index in [1.807, 2.05) is 0 Å². The molecule has 1 unspecified atom stereocenters. The van der Waals surface area contributed by atoms with Crippen molar-refractivity contribution in [2.24, 2.45) is 5.73 Å². The number of nitrogens with one attached hydrogen (secondary N) is 1. The number of methoxy groups -OCH3 is 1. The average Bonchev–Trinajstić information content (AvgIpc) is 2.30. The van der Waals surface area contributed by atoms with Crippen molar-refractivity contribution in [3.05, 3.63) is 28.2 Å². The Morgan fingerprint density at radius 2 is 2.06 bits per heavy atom. The summed E-state index contributed by atoms with van der Waals surface area (Å²) in [6.45, 7) is 0.292. The summed E-state index contributed by atoms with van der Waals surface area (Å²) >= 11 is 2.94. The fourth-order valence-corrected chi connectivity index (χ4v) is 1.66. The maximum Gasteiger partial charge on any atom is 0.241 e. The van der Waals surface area contributed by atoms with Crippen molar-refractivity contribution >= 4 is 27.5 Å². The zero-order valence-electron chi connectivity index (χ0n) is 9.67. The summed E-state index contributed by atoms with van der Waals surface area (Å²) in [5.41, 5.74) is 5.03. The second kappa shape index (κ2) is 6.77. The molecule has 0 aliphatic heterocycles. The Kier molecular flexibility index (Phi) is 5.64. The lowest BCUT2D eigenvalue weighted by Gasteiger charge is -2.13. The van der Waals surface area contributed by atoms with Crippen LogP contribution < -0.4 is 11.1 Å². The zero-order chi connectivity index (χ0) is 13.7. The summed E-state index contributed by atoms with van der Waals surface area (Å²) in [7, 11) is 1.47. The van der Waals surface area contributed by atoms with Gasteiger partial charge in [0.25, 0.3) is 0 Å². The predicted octanol–water partition coefficient (Wildman–Crippen LogP) is 2.03. The normalized spacial score (nSPS) is 12.3. The molecule has 0 heterocycles. The Balaban J connectivity index is 2.76. The zero-order valence-corrected chi connectivity index (χ0v) is 11.3. The molecule has 0 aliphatic carbocycles. The first kappa shape index (κ1) is 15.0. The Morgan fingerprint density at radius 3 is 2.56 bits per heavy atom. The molecule has 1 atom stereocenters. The number of carbonyl (C=O) groups is 1. The maximum absolute atomic E-state index is 13.4. The molecule has 0 spiro atoms. The van der Waals surface area contributed by atoms with E-state index in [2.05, 4.69) is 21.2 Å². The lowest BCUT2D eigenvalue weighted by atomic mass is 10.2. The van der Waals surface area contributed by atoms with E-state index in [0.29, 0.717) is 6.61 Å². The largest absolute Gasteiger partial charge is 0.385 e. The number of halogens is 3. The van der Waals surface area contributed by atoms with Gasteiger partial charge in [0.15, 0.2) is 11.6 Å². The van der Waals surface area contributed by atoms with Crippen molar-refractivity contribution in [2.45, 2.75) is 12.5 Å². The SMILES string of the molecule is COCCC(N)C(=O)Nc1c(F)cc(Br)cc1F. The number of amides is 1. The number of hydrogen-bond acceptors (Lipinski definition) is 3. The van der Waals surface area contributed by atoms with Gasteiger partial charge in [-0.1, -0.05) is 15.9 Å². The topological polar surface area (TPSA) is 64.3 Å². The number of carbonyl (C=O) groups excluding carboxylic acids is 1. The van der Waals surface area contributed by atoms with Gasteiger partial charge in [0.05, 0.1) is 6.04 Å². The molecule has 0 bridgehead atoms. The average molecular weight is 323 g/mol. The molecule has 18 heavy (non-hydrogen) atoms. The third-order valence-corrected chi connectivity index (χ3v) is 2.68. The molecule has 0 aliphatic rings. The van der Waals surface area contributed by atoms with Gasteiger partial charge in [0, 0.05) is 18.2 Å². The van der Waals surface area contributed by atoms with Crippen molar-refractivity contribution in [3.8, 4) is 0 Å². The maximum atomic E-state index is 13.4. The smallest absolute Gasteiger partial charge is 0.241 e. The Hall–Kier alpha value is -1.05. The van der Waals surface area contributed by atoms with Gasteiger partial charge in [-0.2, -0.15) is 0 Å². The molecular weight excluding hydrogens is 310 g/mol. The van der Waals surface area contributed by atoms with E-state index in [1.165, 1.54) is 7.11 Å². The summed E-state index contributed by atoms with van der Waals surface area (Å²) in [6, 6.07) is 1.23. The van der Waals surface area contributed by atoms with Crippen LogP contribution in [0.3, 0.4) is 0 Å². The molecule has 1 rings (SSSR count). The van der Waals surface area contributed by atoms with Gasteiger partial charge in [0.2, 0.25) is 5.91 Å². The highest BCUT2D eigenvalue weighted by atomic mass is 79.9. The minimum absolute atomic E-state index is 0.249. The monoisotopic (exact) mass is 322 g/mol. The molecule has 0 radical (unpaired) electrons. The lowest BCUT2D eigenvalue weighted by Crippen LogP contribution is -2.37. The van der Waals surface area contributed by atoms with Gasteiger partial charge in [-0.05, 0) is 18.6 Å². The predicted molar refractivity (Wildman–Crippen MR) is 67.2 cm³/mol. The summed E-state index contributed by atoms with van der Waals surface area (Å²) in [6.07, 6.45) is 0.266. The Labute approximate surface area is 112 Å². The number of benzene rings is 1. The fraction of sp³-hybridized carbons (Fsp3) is 0.364. The minimum atomic E-state index is -0.882. The molecule has 0 saturated heterocycles. The number of anilines is 1. The second-order valence-corrected chi connectivity index (χ2v) is 4.54. The van der Waals surface area contributed by atoms with E-state index >= 15 is 0 Å². The van der Waals surface area contributed by atoms with Crippen molar-refractivity contribution in [2.75, 3.05) is 19.0 Å². The van der Waals surface area contributed by atoms with Crippen LogP contribution in [0.25, 0.3) is 0 Å². The van der Waals surface area contributed by atoms with Gasteiger partial charge in [-0.25, -0.2) is 8.78 Å². The number of rotatable bonds is 5. The molecule has 100 valence electrons.